The lowest BCUT2D eigenvalue weighted by molar-refractivity contribution is -0.143. The topological polar surface area (TPSA) is 523 Å². The van der Waals surface area contributed by atoms with Gasteiger partial charge in [-0.15, -0.1) is 0 Å². The van der Waals surface area contributed by atoms with Crippen LogP contribution in [0.2, 0.25) is 0 Å². The second-order valence-electron chi connectivity index (χ2n) is 19.4. The monoisotopic (exact) mass is 1110 g/mol. The number of aliphatic hydroxyl groups is 1. The molecule has 0 aromatic rings. The fourth-order valence-corrected chi connectivity index (χ4v) is 8.33. The Labute approximate surface area is 451 Å². The number of aliphatic hydroxyl groups excluding tert-OH is 1. The van der Waals surface area contributed by atoms with Crippen molar-refractivity contribution in [2.24, 2.45) is 62.0 Å². The van der Waals surface area contributed by atoms with Crippen LogP contribution >= 0.6 is 11.8 Å². The molecule has 30 nitrogen and oxygen atoms in total. The van der Waals surface area contributed by atoms with E-state index < -0.39 is 138 Å². The molecule has 23 N–H and O–H groups in total. The first kappa shape index (κ1) is 68.0. The molecule has 10 amide bonds. The summed E-state index contributed by atoms with van der Waals surface area (Å²) in [7, 11) is 0. The molecule has 0 bridgehead atoms. The number of guanidine groups is 2. The van der Waals surface area contributed by atoms with Crippen LogP contribution in [0.25, 0.3) is 0 Å². The van der Waals surface area contributed by atoms with Gasteiger partial charge >= 0.3 is 5.97 Å². The Morgan fingerprint density at radius 3 is 1.62 bits per heavy atom. The van der Waals surface area contributed by atoms with Crippen LogP contribution in [0.4, 0.5) is 0 Å². The second-order valence-corrected chi connectivity index (χ2v) is 20.4. The predicted molar refractivity (Wildman–Crippen MR) is 285 cm³/mol. The first-order valence-electron chi connectivity index (χ1n) is 25.3. The number of thioether (sulfide) groups is 1. The van der Waals surface area contributed by atoms with Crippen LogP contribution in [0.1, 0.15) is 105 Å². The van der Waals surface area contributed by atoms with Gasteiger partial charge in [-0.05, 0) is 88.6 Å². The SMILES string of the molecule is CSCC[C@H](NC(=O)[C@@H](NC(=O)[C@H](CC(C)C)NC(=O)[C@H](CC(N)=O)NC(=O)[C@@H](NC(=O)[C@@H]1CCCN1C(=O)[C@H](CCCN=C(N)N)NC(=O)[C@@H](N)CCC(N)=O)C(C)C)[C@@H](C)O)C(=O)N[C@@H](CCCN=C(N)N)C(=O)O. The van der Waals surface area contributed by atoms with Crippen LogP contribution in [0.15, 0.2) is 9.98 Å². The van der Waals surface area contributed by atoms with E-state index in [0.717, 1.165) is 0 Å². The van der Waals surface area contributed by atoms with E-state index in [-0.39, 0.29) is 95.3 Å². The molecule has 0 spiro atoms. The first-order chi connectivity index (χ1) is 36.0. The molecule has 0 unspecified atom stereocenters. The predicted octanol–water partition coefficient (Wildman–Crippen LogP) is -6.13. The van der Waals surface area contributed by atoms with E-state index in [4.69, 9.17) is 40.1 Å². The number of carbonyl (C=O) groups is 11. The van der Waals surface area contributed by atoms with Crippen molar-refractivity contribution in [1.82, 2.24) is 42.1 Å². The Kier molecular flexibility index (Phi) is 30.6. The molecule has 436 valence electrons. The van der Waals surface area contributed by atoms with Gasteiger partial charge in [-0.3, -0.25) is 57.9 Å². The molecule has 1 heterocycles. The zero-order chi connectivity index (χ0) is 58.7. The Hall–Kier alpha value is -7.02. The third-order valence-electron chi connectivity index (χ3n) is 11.9. The minimum absolute atomic E-state index is 0.0161. The minimum atomic E-state index is -1.73. The summed E-state index contributed by atoms with van der Waals surface area (Å²) in [5.74, 6) is -11.2. The highest BCUT2D eigenvalue weighted by molar-refractivity contribution is 7.98. The number of nitrogens with zero attached hydrogens (tertiary/aromatic N) is 3. The molecular formula is C46H83N17O13S. The largest absolute Gasteiger partial charge is 0.480 e. The molecule has 0 aliphatic carbocycles. The normalized spacial score (nSPS) is 16.6. The number of aliphatic imine (C=N–C) groups is 2. The lowest BCUT2D eigenvalue weighted by Gasteiger charge is -2.31. The van der Waals surface area contributed by atoms with E-state index in [0.29, 0.717) is 12.2 Å². The molecule has 1 fully saturated rings. The van der Waals surface area contributed by atoms with Crippen LogP contribution in [-0.4, -0.2) is 184 Å². The average molecular weight is 1110 g/mol. The number of hydrogen-bond donors (Lipinski definition) is 16. The van der Waals surface area contributed by atoms with Crippen molar-refractivity contribution in [3.05, 3.63) is 0 Å². The second kappa shape index (κ2) is 34.6. The fraction of sp³-hybridized carbons (Fsp3) is 0.717. The quantitative estimate of drug-likeness (QED) is 0.0158. The molecule has 1 rings (SSSR count). The Balaban J connectivity index is 3.35. The molecule has 77 heavy (non-hydrogen) atoms. The molecule has 10 atom stereocenters. The number of nitrogens with one attached hydrogen (secondary N) is 7. The lowest BCUT2D eigenvalue weighted by Crippen LogP contribution is -2.62. The molecule has 1 aliphatic rings. The number of rotatable bonds is 36. The summed E-state index contributed by atoms with van der Waals surface area (Å²) in [6, 6.07) is -12.5. The fourth-order valence-electron chi connectivity index (χ4n) is 7.86. The van der Waals surface area contributed by atoms with Gasteiger partial charge < -0.3 is 92.5 Å². The van der Waals surface area contributed by atoms with E-state index in [1.807, 2.05) is 0 Å². The summed E-state index contributed by atoms with van der Waals surface area (Å²) in [5.41, 5.74) is 38.2. The van der Waals surface area contributed by atoms with Crippen molar-refractivity contribution in [3.8, 4) is 0 Å². The summed E-state index contributed by atoms with van der Waals surface area (Å²) in [6.07, 6.45) is -0.0885. The van der Waals surface area contributed by atoms with E-state index in [1.54, 1.807) is 34.0 Å². The van der Waals surface area contributed by atoms with Gasteiger partial charge in [0.15, 0.2) is 11.9 Å². The van der Waals surface area contributed by atoms with Crippen molar-refractivity contribution >= 4 is 88.7 Å². The molecule has 0 radical (unpaired) electrons. The number of amides is 10. The maximum absolute atomic E-state index is 14.1. The molecular weight excluding hydrogens is 1030 g/mol. The maximum atomic E-state index is 14.1. The highest BCUT2D eigenvalue weighted by Gasteiger charge is 2.41. The summed E-state index contributed by atoms with van der Waals surface area (Å²) < 4.78 is 0. The van der Waals surface area contributed by atoms with Crippen LogP contribution in [-0.2, 0) is 52.7 Å². The van der Waals surface area contributed by atoms with Crippen LogP contribution in [0.5, 0.6) is 0 Å². The number of primary amides is 2. The van der Waals surface area contributed by atoms with Gasteiger partial charge in [0.05, 0.1) is 18.6 Å². The van der Waals surface area contributed by atoms with E-state index in [9.17, 15) is 63.0 Å². The first-order valence-corrected chi connectivity index (χ1v) is 26.7. The van der Waals surface area contributed by atoms with Crippen molar-refractivity contribution in [2.45, 2.75) is 166 Å². The van der Waals surface area contributed by atoms with Crippen LogP contribution < -0.4 is 77.4 Å². The van der Waals surface area contributed by atoms with Gasteiger partial charge in [0.1, 0.15) is 48.3 Å². The highest BCUT2D eigenvalue weighted by Crippen LogP contribution is 2.21. The van der Waals surface area contributed by atoms with E-state index in [2.05, 4.69) is 47.2 Å². The van der Waals surface area contributed by atoms with Gasteiger partial charge in [-0.2, -0.15) is 11.8 Å². The minimum Gasteiger partial charge on any atom is -0.480 e. The number of nitrogens with two attached hydrogens (primary N) is 7. The van der Waals surface area contributed by atoms with Crippen LogP contribution in [0, 0.1) is 11.8 Å². The molecule has 31 heteroatoms. The average Bonchev–Trinajstić information content (AvgIpc) is 3.83. The van der Waals surface area contributed by atoms with E-state index in [1.165, 1.54) is 23.6 Å². The molecule has 1 aliphatic heterocycles. The van der Waals surface area contributed by atoms with E-state index >= 15 is 0 Å². The van der Waals surface area contributed by atoms with Crippen molar-refractivity contribution in [2.75, 3.05) is 31.6 Å². The van der Waals surface area contributed by atoms with Crippen molar-refractivity contribution < 1.29 is 63.0 Å². The Morgan fingerprint density at radius 2 is 1.12 bits per heavy atom. The Bertz CT molecular complexity index is 2110. The number of likely N-dealkylation sites (tertiary alicyclic amines) is 1. The number of aliphatic carboxylic acids is 1. The summed E-state index contributed by atoms with van der Waals surface area (Å²) in [5, 5.41) is 37.9. The van der Waals surface area contributed by atoms with Crippen LogP contribution in [0.3, 0.4) is 0 Å². The summed E-state index contributed by atoms with van der Waals surface area (Å²) in [4.78, 5) is 155. The zero-order valence-corrected chi connectivity index (χ0v) is 45.5. The number of hydrogen-bond acceptors (Lipinski definition) is 16. The van der Waals surface area contributed by atoms with Gasteiger partial charge in [0.25, 0.3) is 0 Å². The number of carboxylic acids is 1. The Morgan fingerprint density at radius 1 is 0.610 bits per heavy atom. The van der Waals surface area contributed by atoms with Gasteiger partial charge in [-0.25, -0.2) is 4.79 Å². The summed E-state index contributed by atoms with van der Waals surface area (Å²) >= 11 is 1.33. The lowest BCUT2D eigenvalue weighted by atomic mass is 10.00. The zero-order valence-electron chi connectivity index (χ0n) is 44.7. The van der Waals surface area contributed by atoms with Gasteiger partial charge in [0.2, 0.25) is 59.1 Å². The standard InChI is InChI=1S/C46H83N17O13S/c1-22(2)20-29(39(70)62-35(24(5)64)42(73)56-26(15-19-77-6)37(68)58-28(44(75)76)11-8-17-55-46(52)53)59-38(69)30(21-33(49)66)60-41(72)34(23(3)4)61-40(71)31-12-9-18-63(31)43(74)27(10-7-16-54-45(50)51)57-36(67)25(47)13-14-32(48)65/h22-31,34-35,64H,7-21,47H2,1-6H3,(H2,48,65)(H2,49,66)(H,56,73)(H,57,67)(H,58,68)(H,59,69)(H,60,72)(H,61,71)(H,62,70)(H,75,76)(H4,50,51,54)(H4,52,53,55)/t24-,25+,26+,27+,28+,29+,30+,31+,34+,35+/m1/s1. The maximum Gasteiger partial charge on any atom is 0.326 e. The molecule has 0 aromatic carbocycles. The van der Waals surface area contributed by atoms with Gasteiger partial charge in [-0.1, -0.05) is 27.7 Å². The third kappa shape index (κ3) is 25.6. The molecule has 0 aromatic heterocycles. The van der Waals surface area contributed by atoms with Crippen molar-refractivity contribution in [1.29, 1.82) is 0 Å². The number of carbonyl (C=O) groups excluding carboxylic acids is 10. The number of carboxylic acid groups (broad SMARTS) is 1. The molecule has 0 saturated carbocycles. The molecule has 1 saturated heterocycles. The smallest absolute Gasteiger partial charge is 0.326 e. The highest BCUT2D eigenvalue weighted by atomic mass is 32.2. The third-order valence-corrected chi connectivity index (χ3v) is 12.6. The summed E-state index contributed by atoms with van der Waals surface area (Å²) in [6.45, 7) is 8.04. The van der Waals surface area contributed by atoms with Gasteiger partial charge in [0, 0.05) is 26.1 Å². The van der Waals surface area contributed by atoms with Crippen molar-refractivity contribution in [3.63, 3.8) is 0 Å².